The van der Waals surface area contributed by atoms with E-state index in [1.54, 1.807) is 18.0 Å². The molecule has 0 saturated carbocycles. The molecule has 0 unspecified atom stereocenters. The summed E-state index contributed by atoms with van der Waals surface area (Å²) in [6.45, 7) is 7.24. The summed E-state index contributed by atoms with van der Waals surface area (Å²) in [6.07, 6.45) is 3.99. The average Bonchev–Trinajstić information content (AvgIpc) is 3.32. The van der Waals surface area contributed by atoms with E-state index < -0.39 is 5.82 Å². The minimum Gasteiger partial charge on any atom is -0.338 e. The maximum Gasteiger partial charge on any atom is 0.256 e. The Morgan fingerprint density at radius 3 is 2.67 bits per heavy atom. The fraction of sp³-hybridized carbons (Fsp3) is 0.409. The van der Waals surface area contributed by atoms with Crippen LogP contribution in [0.2, 0.25) is 0 Å². The van der Waals surface area contributed by atoms with E-state index in [1.807, 2.05) is 16.8 Å². The molecule has 0 atom stereocenters. The van der Waals surface area contributed by atoms with Crippen LogP contribution in [-0.4, -0.2) is 50.6 Å². The maximum absolute atomic E-state index is 13.8. The lowest BCUT2D eigenvalue weighted by Gasteiger charge is -2.18. The molecule has 0 saturated heterocycles. The number of aromatic nitrogens is 3. The molecule has 0 aliphatic carbocycles. The summed E-state index contributed by atoms with van der Waals surface area (Å²) in [5.74, 6) is 0.422. The highest BCUT2D eigenvalue weighted by atomic mass is 19.1. The van der Waals surface area contributed by atoms with Gasteiger partial charge in [0.25, 0.3) is 5.91 Å². The number of nitrogens with zero attached hydrogens (tertiary/aromatic N) is 5. The van der Waals surface area contributed by atoms with Gasteiger partial charge in [-0.15, -0.1) is 0 Å². The first-order chi connectivity index (χ1) is 14.5. The minimum atomic E-state index is -0.433. The minimum absolute atomic E-state index is 0.220. The number of halogens is 1. The lowest BCUT2D eigenvalue weighted by Crippen LogP contribution is -2.25. The van der Waals surface area contributed by atoms with Crippen molar-refractivity contribution < 1.29 is 13.7 Å². The zero-order valence-electron chi connectivity index (χ0n) is 17.6. The molecule has 0 radical (unpaired) electrons. The van der Waals surface area contributed by atoms with Gasteiger partial charge in [-0.2, -0.15) is 4.98 Å². The first-order valence-electron chi connectivity index (χ1n) is 10.3. The fourth-order valence-corrected chi connectivity index (χ4v) is 3.97. The van der Waals surface area contributed by atoms with Crippen molar-refractivity contribution in [3.63, 3.8) is 0 Å². The van der Waals surface area contributed by atoms with E-state index in [9.17, 15) is 9.18 Å². The van der Waals surface area contributed by atoms with Crippen molar-refractivity contribution >= 4 is 5.91 Å². The summed E-state index contributed by atoms with van der Waals surface area (Å²) in [4.78, 5) is 21.2. The van der Waals surface area contributed by atoms with Crippen LogP contribution in [0.4, 0.5) is 4.39 Å². The van der Waals surface area contributed by atoms with Gasteiger partial charge >= 0.3 is 0 Å². The highest BCUT2D eigenvalue weighted by molar-refractivity contribution is 5.98. The second kappa shape index (κ2) is 8.39. The van der Waals surface area contributed by atoms with Crippen molar-refractivity contribution in [2.24, 2.45) is 0 Å². The van der Waals surface area contributed by atoms with Crippen molar-refractivity contribution in [3.05, 3.63) is 53.4 Å². The Morgan fingerprint density at radius 2 is 1.93 bits per heavy atom. The lowest BCUT2D eigenvalue weighted by molar-refractivity contribution is 0.0787. The van der Waals surface area contributed by atoms with Crippen LogP contribution in [-0.2, 0) is 13.1 Å². The second-order valence-corrected chi connectivity index (χ2v) is 7.66. The van der Waals surface area contributed by atoms with Crippen LogP contribution in [0.5, 0.6) is 0 Å². The molecule has 0 N–H and O–H groups in total. The Bertz CT molecular complexity index is 1050. The van der Waals surface area contributed by atoms with Gasteiger partial charge in [0.2, 0.25) is 11.7 Å². The van der Waals surface area contributed by atoms with E-state index in [1.165, 1.54) is 12.1 Å². The Hall–Kier alpha value is -3.00. The number of rotatable bonds is 7. The smallest absolute Gasteiger partial charge is 0.256 e. The molecular formula is C22H26FN5O2. The SMILES string of the molecule is CCCN(CCC)Cc1nc(-c2ccn3c2CN(C)C(=O)c2cc(F)ccc2-3)no1. The largest absolute Gasteiger partial charge is 0.338 e. The number of amides is 1. The number of carbonyl (C=O) groups excluding carboxylic acids is 1. The Morgan fingerprint density at radius 1 is 1.17 bits per heavy atom. The van der Waals surface area contributed by atoms with E-state index in [0.717, 1.165) is 37.2 Å². The molecular weight excluding hydrogens is 385 g/mol. The molecule has 7 nitrogen and oxygen atoms in total. The highest BCUT2D eigenvalue weighted by Crippen LogP contribution is 2.31. The summed E-state index contributed by atoms with van der Waals surface area (Å²) < 4.78 is 21.2. The van der Waals surface area contributed by atoms with E-state index >= 15 is 0 Å². The fourth-order valence-electron chi connectivity index (χ4n) is 3.97. The Balaban J connectivity index is 1.69. The summed E-state index contributed by atoms with van der Waals surface area (Å²) in [6, 6.07) is 6.19. The number of hydrogen-bond acceptors (Lipinski definition) is 5. The third-order valence-corrected chi connectivity index (χ3v) is 5.32. The van der Waals surface area contributed by atoms with Gasteiger partial charge in [-0.25, -0.2) is 4.39 Å². The molecule has 30 heavy (non-hydrogen) atoms. The van der Waals surface area contributed by atoms with Gasteiger partial charge in [0.1, 0.15) is 5.82 Å². The van der Waals surface area contributed by atoms with Crippen LogP contribution < -0.4 is 0 Å². The van der Waals surface area contributed by atoms with Gasteiger partial charge in [-0.05, 0) is 50.2 Å². The zero-order valence-corrected chi connectivity index (χ0v) is 17.6. The normalized spacial score (nSPS) is 13.5. The van der Waals surface area contributed by atoms with Crippen LogP contribution in [0, 0.1) is 5.82 Å². The summed E-state index contributed by atoms with van der Waals surface area (Å²) in [5, 5.41) is 4.20. The summed E-state index contributed by atoms with van der Waals surface area (Å²) >= 11 is 0. The molecule has 0 bridgehead atoms. The van der Waals surface area contributed by atoms with E-state index in [0.29, 0.717) is 36.1 Å². The van der Waals surface area contributed by atoms with Crippen LogP contribution >= 0.6 is 0 Å². The molecule has 3 heterocycles. The lowest BCUT2D eigenvalue weighted by atomic mass is 10.1. The summed E-state index contributed by atoms with van der Waals surface area (Å²) in [7, 11) is 1.71. The van der Waals surface area contributed by atoms with Crippen molar-refractivity contribution in [1.29, 1.82) is 0 Å². The first-order valence-corrected chi connectivity index (χ1v) is 10.3. The Labute approximate surface area is 175 Å². The zero-order chi connectivity index (χ0) is 21.3. The molecule has 158 valence electrons. The van der Waals surface area contributed by atoms with Gasteiger partial charge in [0.15, 0.2) is 0 Å². The quantitative estimate of drug-likeness (QED) is 0.590. The number of carbonyl (C=O) groups is 1. The average molecular weight is 411 g/mol. The topological polar surface area (TPSA) is 67.4 Å². The van der Waals surface area contributed by atoms with Gasteiger partial charge < -0.3 is 14.0 Å². The molecule has 2 aromatic heterocycles. The third kappa shape index (κ3) is 3.75. The Kier molecular flexibility index (Phi) is 5.67. The molecule has 0 spiro atoms. The molecule has 4 rings (SSSR count). The van der Waals surface area contributed by atoms with Crippen molar-refractivity contribution in [2.75, 3.05) is 20.1 Å². The second-order valence-electron chi connectivity index (χ2n) is 7.66. The monoisotopic (exact) mass is 411 g/mol. The standard InChI is InChI=1S/C22H26FN5O2/c1-4-9-27(10-5-2)14-20-24-21(25-30-20)16-8-11-28-18-7-6-15(23)12-17(18)22(29)26(3)13-19(16)28/h6-8,11-12H,4-5,9-10,13-14H2,1-3H3. The molecule has 1 aliphatic rings. The molecule has 1 amide bonds. The van der Waals surface area contributed by atoms with Crippen LogP contribution in [0.3, 0.4) is 0 Å². The van der Waals surface area contributed by atoms with Gasteiger partial charge in [0.05, 0.1) is 30.0 Å². The van der Waals surface area contributed by atoms with Gasteiger partial charge in [-0.3, -0.25) is 9.69 Å². The molecule has 8 heteroatoms. The first kappa shape index (κ1) is 20.3. The maximum atomic E-state index is 13.8. The van der Waals surface area contributed by atoms with Crippen molar-refractivity contribution in [3.8, 4) is 17.1 Å². The van der Waals surface area contributed by atoms with E-state index in [4.69, 9.17) is 4.52 Å². The molecule has 1 aromatic carbocycles. The predicted molar refractivity (Wildman–Crippen MR) is 111 cm³/mol. The van der Waals surface area contributed by atoms with Crippen LogP contribution in [0.25, 0.3) is 17.1 Å². The molecule has 1 aliphatic heterocycles. The van der Waals surface area contributed by atoms with Crippen molar-refractivity contribution in [2.45, 2.75) is 39.8 Å². The number of hydrogen-bond donors (Lipinski definition) is 0. The van der Waals surface area contributed by atoms with E-state index in [-0.39, 0.29) is 5.91 Å². The highest BCUT2D eigenvalue weighted by Gasteiger charge is 2.27. The predicted octanol–water partition coefficient (Wildman–Crippen LogP) is 3.87. The molecule has 0 fully saturated rings. The third-order valence-electron chi connectivity index (χ3n) is 5.32. The van der Waals surface area contributed by atoms with Gasteiger partial charge in [0, 0.05) is 18.8 Å². The van der Waals surface area contributed by atoms with Gasteiger partial charge in [-0.1, -0.05) is 19.0 Å². The van der Waals surface area contributed by atoms with Crippen LogP contribution in [0.15, 0.2) is 35.0 Å². The van der Waals surface area contributed by atoms with E-state index in [2.05, 4.69) is 28.9 Å². The number of fused-ring (bicyclic) bond motifs is 3. The summed E-state index contributed by atoms with van der Waals surface area (Å²) in [5.41, 5.74) is 2.65. The van der Waals surface area contributed by atoms with Crippen molar-refractivity contribution in [1.82, 2.24) is 24.5 Å². The number of benzene rings is 1. The van der Waals surface area contributed by atoms with Crippen LogP contribution in [0.1, 0.15) is 48.6 Å². The molecule has 3 aromatic rings.